The highest BCUT2D eigenvalue weighted by Gasteiger charge is 2.08. The van der Waals surface area contributed by atoms with Gasteiger partial charge in [-0.25, -0.2) is 0 Å². The zero-order valence-electron chi connectivity index (χ0n) is 9.05. The molecule has 0 spiro atoms. The van der Waals surface area contributed by atoms with Crippen LogP contribution in [0.2, 0.25) is 5.02 Å². The molecule has 0 unspecified atom stereocenters. The molecule has 0 aliphatic carbocycles. The summed E-state index contributed by atoms with van der Waals surface area (Å²) in [5.74, 6) is 0.759. The maximum atomic E-state index is 11.6. The Balaban J connectivity index is 2.86. The Morgan fingerprint density at radius 3 is 2.67 bits per heavy atom. The Labute approximate surface area is 95.2 Å². The van der Waals surface area contributed by atoms with Gasteiger partial charge < -0.3 is 4.74 Å². The molecule has 1 aromatic carbocycles. The van der Waals surface area contributed by atoms with Gasteiger partial charge in [0.1, 0.15) is 5.75 Å². The third-order valence-corrected chi connectivity index (χ3v) is 2.33. The van der Waals surface area contributed by atoms with Crippen LogP contribution in [0.1, 0.15) is 37.0 Å². The zero-order valence-corrected chi connectivity index (χ0v) is 9.80. The second-order valence-corrected chi connectivity index (χ2v) is 3.66. The number of carbonyl (C=O) groups is 1. The van der Waals surface area contributed by atoms with E-state index in [9.17, 15) is 4.79 Å². The number of hydrogen-bond donors (Lipinski definition) is 0. The van der Waals surface area contributed by atoms with Crippen LogP contribution in [0.25, 0.3) is 0 Å². The van der Waals surface area contributed by atoms with E-state index in [4.69, 9.17) is 16.3 Å². The summed E-state index contributed by atoms with van der Waals surface area (Å²) in [6, 6.07) is 5.17. The fourth-order valence-corrected chi connectivity index (χ4v) is 1.55. The van der Waals surface area contributed by atoms with Crippen LogP contribution in [0, 0.1) is 0 Å². The Kier molecular flexibility index (Phi) is 4.63. The number of ether oxygens (including phenoxy) is 1. The minimum absolute atomic E-state index is 0.127. The van der Waals surface area contributed by atoms with Gasteiger partial charge in [-0.3, -0.25) is 4.79 Å². The predicted octanol–water partition coefficient (Wildman–Crippen LogP) is 3.72. The number of Topliss-reactive ketones (excluding diaryl/α,β-unsaturated/α-hetero) is 1. The molecule has 0 amide bonds. The summed E-state index contributed by atoms with van der Waals surface area (Å²) in [6.07, 6.45) is 1.41. The SMILES string of the molecule is CCCC(=O)c1ccc(OCC)c(Cl)c1. The van der Waals surface area contributed by atoms with Crippen LogP contribution in [0.15, 0.2) is 18.2 Å². The van der Waals surface area contributed by atoms with Crippen molar-refractivity contribution in [3.05, 3.63) is 28.8 Å². The van der Waals surface area contributed by atoms with Gasteiger partial charge in [-0.15, -0.1) is 0 Å². The van der Waals surface area contributed by atoms with Gasteiger partial charge in [0.2, 0.25) is 0 Å². The van der Waals surface area contributed by atoms with Gasteiger partial charge in [-0.2, -0.15) is 0 Å². The van der Waals surface area contributed by atoms with Gasteiger partial charge in [0.05, 0.1) is 11.6 Å². The molecule has 0 bridgehead atoms. The standard InChI is InChI=1S/C12H15ClO2/c1-3-5-11(14)9-6-7-12(15-4-2)10(13)8-9/h6-8H,3-5H2,1-2H3. The van der Waals surface area contributed by atoms with E-state index in [2.05, 4.69) is 0 Å². The molecule has 15 heavy (non-hydrogen) atoms. The topological polar surface area (TPSA) is 26.3 Å². The van der Waals surface area contributed by atoms with E-state index < -0.39 is 0 Å². The minimum atomic E-state index is 0.127. The lowest BCUT2D eigenvalue weighted by molar-refractivity contribution is 0.0981. The third-order valence-electron chi connectivity index (χ3n) is 2.03. The van der Waals surface area contributed by atoms with Crippen molar-refractivity contribution >= 4 is 17.4 Å². The van der Waals surface area contributed by atoms with Crippen LogP contribution in [-0.2, 0) is 0 Å². The van der Waals surface area contributed by atoms with Crippen molar-refractivity contribution in [2.75, 3.05) is 6.61 Å². The summed E-state index contributed by atoms with van der Waals surface area (Å²) in [6.45, 7) is 4.45. The number of ketones is 1. The molecule has 0 N–H and O–H groups in total. The highest BCUT2D eigenvalue weighted by atomic mass is 35.5. The van der Waals surface area contributed by atoms with Gasteiger partial charge in [-0.1, -0.05) is 18.5 Å². The van der Waals surface area contributed by atoms with Gasteiger partial charge >= 0.3 is 0 Å². The van der Waals surface area contributed by atoms with E-state index in [1.807, 2.05) is 13.8 Å². The van der Waals surface area contributed by atoms with E-state index in [-0.39, 0.29) is 5.78 Å². The number of carbonyl (C=O) groups excluding carboxylic acids is 1. The van der Waals surface area contributed by atoms with E-state index >= 15 is 0 Å². The van der Waals surface area contributed by atoms with Gasteiger partial charge in [0.15, 0.2) is 5.78 Å². The first-order valence-corrected chi connectivity index (χ1v) is 5.52. The lowest BCUT2D eigenvalue weighted by Crippen LogP contribution is -1.99. The Morgan fingerprint density at radius 2 is 2.13 bits per heavy atom. The highest BCUT2D eigenvalue weighted by Crippen LogP contribution is 2.26. The Bertz CT molecular complexity index is 347. The maximum Gasteiger partial charge on any atom is 0.162 e. The molecule has 1 aromatic rings. The van der Waals surface area contributed by atoms with Gasteiger partial charge in [-0.05, 0) is 31.5 Å². The first kappa shape index (κ1) is 12.1. The molecular weight excluding hydrogens is 212 g/mol. The van der Waals surface area contributed by atoms with Crippen molar-refractivity contribution in [1.29, 1.82) is 0 Å². The van der Waals surface area contributed by atoms with E-state index in [0.717, 1.165) is 6.42 Å². The minimum Gasteiger partial charge on any atom is -0.492 e. The van der Waals surface area contributed by atoms with E-state index in [0.29, 0.717) is 29.4 Å². The second kappa shape index (κ2) is 5.76. The molecule has 0 fully saturated rings. The summed E-state index contributed by atoms with van der Waals surface area (Å²) < 4.78 is 5.29. The zero-order chi connectivity index (χ0) is 11.3. The third kappa shape index (κ3) is 3.24. The van der Waals surface area contributed by atoms with E-state index in [1.165, 1.54) is 0 Å². The average Bonchev–Trinajstić information content (AvgIpc) is 2.21. The van der Waals surface area contributed by atoms with Crippen molar-refractivity contribution in [2.24, 2.45) is 0 Å². The molecule has 0 saturated heterocycles. The smallest absolute Gasteiger partial charge is 0.162 e. The maximum absolute atomic E-state index is 11.6. The predicted molar refractivity (Wildman–Crippen MR) is 61.9 cm³/mol. The highest BCUT2D eigenvalue weighted by molar-refractivity contribution is 6.32. The fraction of sp³-hybridized carbons (Fsp3) is 0.417. The lowest BCUT2D eigenvalue weighted by Gasteiger charge is -2.06. The molecule has 1 rings (SSSR count). The Morgan fingerprint density at radius 1 is 1.40 bits per heavy atom. The molecule has 82 valence electrons. The summed E-state index contributed by atoms with van der Waals surface area (Å²) in [4.78, 5) is 11.6. The molecule has 0 aliphatic heterocycles. The second-order valence-electron chi connectivity index (χ2n) is 3.25. The molecule has 3 heteroatoms. The van der Waals surface area contributed by atoms with Crippen LogP contribution >= 0.6 is 11.6 Å². The van der Waals surface area contributed by atoms with Crippen LogP contribution in [0.5, 0.6) is 5.75 Å². The lowest BCUT2D eigenvalue weighted by atomic mass is 10.1. The summed E-state index contributed by atoms with van der Waals surface area (Å²) in [7, 11) is 0. The van der Waals surface area contributed by atoms with Gasteiger partial charge in [0.25, 0.3) is 0 Å². The molecule has 0 saturated carbocycles. The fourth-order valence-electron chi connectivity index (χ4n) is 1.32. The van der Waals surface area contributed by atoms with Crippen LogP contribution in [0.4, 0.5) is 0 Å². The Hall–Kier alpha value is -1.02. The monoisotopic (exact) mass is 226 g/mol. The average molecular weight is 227 g/mol. The molecule has 0 radical (unpaired) electrons. The number of hydrogen-bond acceptors (Lipinski definition) is 2. The van der Waals surface area contributed by atoms with Crippen molar-refractivity contribution in [2.45, 2.75) is 26.7 Å². The first-order chi connectivity index (χ1) is 7.19. The van der Waals surface area contributed by atoms with Crippen molar-refractivity contribution in [3.63, 3.8) is 0 Å². The van der Waals surface area contributed by atoms with Crippen LogP contribution < -0.4 is 4.74 Å². The van der Waals surface area contributed by atoms with Crippen molar-refractivity contribution < 1.29 is 9.53 Å². The number of rotatable bonds is 5. The van der Waals surface area contributed by atoms with Gasteiger partial charge in [0, 0.05) is 12.0 Å². The molecule has 0 aromatic heterocycles. The normalized spacial score (nSPS) is 10.1. The summed E-state index contributed by atoms with van der Waals surface area (Å²) in [5.41, 5.74) is 0.658. The quantitative estimate of drug-likeness (QED) is 0.716. The molecule has 2 nitrogen and oxygen atoms in total. The number of halogens is 1. The molecule has 0 heterocycles. The largest absolute Gasteiger partial charge is 0.492 e. The van der Waals surface area contributed by atoms with Crippen molar-refractivity contribution in [1.82, 2.24) is 0 Å². The molecule has 0 aliphatic rings. The molecular formula is C12H15ClO2. The molecule has 0 atom stereocenters. The first-order valence-electron chi connectivity index (χ1n) is 5.14. The summed E-state index contributed by atoms with van der Waals surface area (Å²) in [5, 5.41) is 0.499. The van der Waals surface area contributed by atoms with Crippen LogP contribution in [-0.4, -0.2) is 12.4 Å². The summed E-state index contributed by atoms with van der Waals surface area (Å²) >= 11 is 5.98. The van der Waals surface area contributed by atoms with Crippen molar-refractivity contribution in [3.8, 4) is 5.75 Å². The van der Waals surface area contributed by atoms with E-state index in [1.54, 1.807) is 18.2 Å². The number of benzene rings is 1. The van der Waals surface area contributed by atoms with Crippen LogP contribution in [0.3, 0.4) is 0 Å².